The highest BCUT2D eigenvalue weighted by Crippen LogP contribution is 2.17. The average Bonchev–Trinajstić information content (AvgIpc) is 3.13. The highest BCUT2D eigenvalue weighted by Gasteiger charge is 2.11. The van der Waals surface area contributed by atoms with Crippen molar-refractivity contribution in [3.63, 3.8) is 0 Å². The van der Waals surface area contributed by atoms with Gasteiger partial charge in [-0.1, -0.05) is 18.2 Å². The van der Waals surface area contributed by atoms with Crippen molar-refractivity contribution < 1.29 is 9.13 Å². The molecule has 2 aromatic carbocycles. The predicted octanol–water partition coefficient (Wildman–Crippen LogP) is 2.61. The summed E-state index contributed by atoms with van der Waals surface area (Å²) in [5.41, 5.74) is 1.36. The lowest BCUT2D eigenvalue weighted by Crippen LogP contribution is -2.17. The number of ether oxygens (including phenoxy) is 1. The van der Waals surface area contributed by atoms with E-state index >= 15 is 0 Å². The normalized spacial score (nSPS) is 11.3. The van der Waals surface area contributed by atoms with Gasteiger partial charge in [-0.25, -0.2) is 14.1 Å². The van der Waals surface area contributed by atoms with Gasteiger partial charge >= 0.3 is 0 Å². The average molecular weight is 363 g/mol. The summed E-state index contributed by atoms with van der Waals surface area (Å²) in [4.78, 5) is 16.9. The Hall–Kier alpha value is -3.81. The minimum atomic E-state index is -0.508. The lowest BCUT2D eigenvalue weighted by Gasteiger charge is -2.03. The maximum atomic E-state index is 13.7. The van der Waals surface area contributed by atoms with E-state index in [0.29, 0.717) is 16.6 Å². The van der Waals surface area contributed by atoms with Gasteiger partial charge < -0.3 is 4.74 Å². The van der Waals surface area contributed by atoms with Crippen LogP contribution in [0, 0.1) is 5.82 Å². The first-order chi connectivity index (χ1) is 13.2. The summed E-state index contributed by atoms with van der Waals surface area (Å²) in [5.74, 6) is -0.368. The van der Waals surface area contributed by atoms with E-state index < -0.39 is 5.82 Å². The van der Waals surface area contributed by atoms with E-state index in [1.165, 1.54) is 38.0 Å². The second-order valence-corrected chi connectivity index (χ2v) is 5.66. The minimum absolute atomic E-state index is 0.140. The summed E-state index contributed by atoms with van der Waals surface area (Å²) in [6, 6.07) is 13.8. The summed E-state index contributed by atoms with van der Waals surface area (Å²) >= 11 is 0. The molecule has 0 bridgehead atoms. The van der Waals surface area contributed by atoms with Crippen molar-refractivity contribution in [3.8, 4) is 11.4 Å². The fraction of sp³-hybridized carbons (Fsp3) is 0.0526. The first-order valence-corrected chi connectivity index (χ1v) is 8.06. The molecule has 4 rings (SSSR count). The van der Waals surface area contributed by atoms with Gasteiger partial charge in [-0.3, -0.25) is 4.79 Å². The Kier molecular flexibility index (Phi) is 4.21. The molecule has 27 heavy (non-hydrogen) atoms. The smallest absolute Gasteiger partial charge is 0.285 e. The molecule has 8 heteroatoms. The summed E-state index contributed by atoms with van der Waals surface area (Å²) in [7, 11) is 1.39. The molecule has 0 aliphatic rings. The minimum Gasteiger partial charge on any atom is -0.494 e. The topological polar surface area (TPSA) is 74.3 Å². The van der Waals surface area contributed by atoms with E-state index in [9.17, 15) is 9.18 Å². The molecule has 0 aliphatic carbocycles. The zero-order valence-electron chi connectivity index (χ0n) is 14.3. The highest BCUT2D eigenvalue weighted by molar-refractivity contribution is 5.80. The van der Waals surface area contributed by atoms with Gasteiger partial charge in [0.1, 0.15) is 11.7 Å². The van der Waals surface area contributed by atoms with Crippen molar-refractivity contribution >= 4 is 17.2 Å². The Morgan fingerprint density at radius 3 is 2.74 bits per heavy atom. The number of aromatic nitrogens is 4. The number of benzene rings is 2. The van der Waals surface area contributed by atoms with Gasteiger partial charge in [0, 0.05) is 0 Å². The Balaban J connectivity index is 1.71. The van der Waals surface area contributed by atoms with Crippen molar-refractivity contribution in [2.75, 3.05) is 7.11 Å². The van der Waals surface area contributed by atoms with E-state index in [2.05, 4.69) is 15.2 Å². The summed E-state index contributed by atoms with van der Waals surface area (Å²) in [5, 5.41) is 8.65. The summed E-state index contributed by atoms with van der Waals surface area (Å²) in [6.07, 6.45) is 4.14. The van der Waals surface area contributed by atoms with E-state index in [0.717, 1.165) is 10.4 Å². The van der Waals surface area contributed by atoms with Crippen LogP contribution in [0.2, 0.25) is 0 Å². The van der Waals surface area contributed by atoms with Crippen LogP contribution in [0.25, 0.3) is 16.7 Å². The predicted molar refractivity (Wildman–Crippen MR) is 99.1 cm³/mol. The number of hydrogen-bond acceptors (Lipinski definition) is 5. The van der Waals surface area contributed by atoms with Crippen LogP contribution in [0.4, 0.5) is 4.39 Å². The first-order valence-electron chi connectivity index (χ1n) is 8.06. The second kappa shape index (κ2) is 6.83. The van der Waals surface area contributed by atoms with Crippen molar-refractivity contribution in [1.82, 2.24) is 19.4 Å². The van der Waals surface area contributed by atoms with E-state index in [1.54, 1.807) is 10.7 Å². The summed E-state index contributed by atoms with van der Waals surface area (Å²) < 4.78 is 21.3. The van der Waals surface area contributed by atoms with Crippen molar-refractivity contribution in [2.45, 2.75) is 0 Å². The molecule has 0 saturated carbocycles. The Labute approximate surface area is 153 Å². The zero-order chi connectivity index (χ0) is 18.8. The molecule has 4 aromatic rings. The third-order valence-corrected chi connectivity index (χ3v) is 3.98. The standard InChI is InChI=1S/C19H14FN5O2/c1-27-17-8-7-13(9-16(17)20)10-22-24-12-21-18-15(19(24)26)11-23-25(18)14-5-3-2-4-6-14/h2-12H,1H3/b22-10-. The van der Waals surface area contributed by atoms with E-state index in [1.807, 2.05) is 30.3 Å². The number of halogens is 1. The molecule has 0 amide bonds. The first kappa shape index (κ1) is 16.6. The molecule has 2 aromatic heterocycles. The Bertz CT molecular complexity index is 1200. The molecule has 0 aliphatic heterocycles. The molecule has 0 N–H and O–H groups in total. The van der Waals surface area contributed by atoms with Crippen LogP contribution in [0.1, 0.15) is 5.56 Å². The van der Waals surface area contributed by atoms with Gasteiger partial charge in [0.15, 0.2) is 17.2 Å². The molecule has 0 radical (unpaired) electrons. The van der Waals surface area contributed by atoms with Gasteiger partial charge in [0.05, 0.1) is 25.2 Å². The fourth-order valence-corrected chi connectivity index (χ4v) is 2.63. The molecular weight excluding hydrogens is 349 g/mol. The van der Waals surface area contributed by atoms with Crippen molar-refractivity contribution in [2.24, 2.45) is 5.10 Å². The van der Waals surface area contributed by atoms with Gasteiger partial charge in [-0.15, -0.1) is 0 Å². The van der Waals surface area contributed by atoms with Crippen LogP contribution in [-0.2, 0) is 0 Å². The number of para-hydroxylation sites is 1. The van der Waals surface area contributed by atoms with Gasteiger partial charge in [0.2, 0.25) is 0 Å². The van der Waals surface area contributed by atoms with Crippen LogP contribution < -0.4 is 10.3 Å². The van der Waals surface area contributed by atoms with Crippen LogP contribution in [0.15, 0.2) is 71.0 Å². The quantitative estimate of drug-likeness (QED) is 0.523. The van der Waals surface area contributed by atoms with Crippen LogP contribution in [0.3, 0.4) is 0 Å². The molecule has 134 valence electrons. The lowest BCUT2D eigenvalue weighted by atomic mass is 10.2. The van der Waals surface area contributed by atoms with Crippen molar-refractivity contribution in [1.29, 1.82) is 0 Å². The number of hydrogen-bond donors (Lipinski definition) is 0. The Morgan fingerprint density at radius 1 is 1.19 bits per heavy atom. The molecule has 0 fully saturated rings. The molecule has 0 saturated heterocycles. The third kappa shape index (κ3) is 3.08. The largest absolute Gasteiger partial charge is 0.494 e. The molecule has 0 atom stereocenters. The van der Waals surface area contributed by atoms with Crippen LogP contribution in [-0.4, -0.2) is 32.8 Å². The van der Waals surface area contributed by atoms with Crippen molar-refractivity contribution in [3.05, 3.63) is 82.8 Å². The summed E-state index contributed by atoms with van der Waals surface area (Å²) in [6.45, 7) is 0. The maximum absolute atomic E-state index is 13.7. The van der Waals surface area contributed by atoms with Gasteiger partial charge in [-0.05, 0) is 35.9 Å². The third-order valence-electron chi connectivity index (χ3n) is 3.98. The number of fused-ring (bicyclic) bond motifs is 1. The van der Waals surface area contributed by atoms with Crippen LogP contribution >= 0.6 is 0 Å². The van der Waals surface area contributed by atoms with Gasteiger partial charge in [-0.2, -0.15) is 14.9 Å². The molecular formula is C19H14FN5O2. The van der Waals surface area contributed by atoms with Gasteiger partial charge in [0.25, 0.3) is 5.56 Å². The maximum Gasteiger partial charge on any atom is 0.285 e. The zero-order valence-corrected chi connectivity index (χ0v) is 14.3. The number of rotatable bonds is 4. The molecule has 2 heterocycles. The molecule has 0 unspecified atom stereocenters. The Morgan fingerprint density at radius 2 is 2.00 bits per heavy atom. The highest BCUT2D eigenvalue weighted by atomic mass is 19.1. The molecule has 7 nitrogen and oxygen atoms in total. The SMILES string of the molecule is COc1ccc(/C=N\n2cnc3c(cnn3-c3ccccc3)c2=O)cc1F. The van der Waals surface area contributed by atoms with Crippen LogP contribution in [0.5, 0.6) is 5.75 Å². The number of methoxy groups -OCH3 is 1. The molecule has 0 spiro atoms. The fourth-order valence-electron chi connectivity index (χ4n) is 2.63. The van der Waals surface area contributed by atoms with E-state index in [-0.39, 0.29) is 11.3 Å². The lowest BCUT2D eigenvalue weighted by molar-refractivity contribution is 0.386. The monoisotopic (exact) mass is 363 g/mol. The number of nitrogens with zero attached hydrogens (tertiary/aromatic N) is 5. The van der Waals surface area contributed by atoms with E-state index in [4.69, 9.17) is 4.74 Å². The second-order valence-electron chi connectivity index (χ2n) is 5.66.